The molecule has 3 aliphatic carbocycles. The highest BCUT2D eigenvalue weighted by Gasteiger charge is 2.65. The van der Waals surface area contributed by atoms with Crippen LogP contribution >= 0.6 is 0 Å². The minimum Gasteiger partial charge on any atom is -0.381 e. The average molecular weight is 178 g/mol. The van der Waals surface area contributed by atoms with Crippen LogP contribution < -0.4 is 0 Å². The van der Waals surface area contributed by atoms with Crippen molar-refractivity contribution < 1.29 is 9.47 Å². The Morgan fingerprint density at radius 2 is 2.15 bits per heavy atom. The Morgan fingerprint density at radius 1 is 1.31 bits per heavy atom. The molecule has 2 heteroatoms. The SMILES string of the molecule is COC1C2CC3OC4C2C=CC4C31. The van der Waals surface area contributed by atoms with Crippen molar-refractivity contribution >= 4 is 0 Å². The highest BCUT2D eigenvalue weighted by atomic mass is 16.5. The van der Waals surface area contributed by atoms with Gasteiger partial charge in [-0.1, -0.05) is 12.2 Å². The van der Waals surface area contributed by atoms with Gasteiger partial charge in [-0.25, -0.2) is 0 Å². The van der Waals surface area contributed by atoms with E-state index in [4.69, 9.17) is 9.47 Å². The van der Waals surface area contributed by atoms with Crippen LogP contribution in [0, 0.1) is 23.7 Å². The van der Waals surface area contributed by atoms with Crippen molar-refractivity contribution in [1.29, 1.82) is 0 Å². The van der Waals surface area contributed by atoms with E-state index in [0.29, 0.717) is 36.1 Å². The van der Waals surface area contributed by atoms with Crippen molar-refractivity contribution in [3.05, 3.63) is 12.2 Å². The maximum absolute atomic E-state index is 6.03. The van der Waals surface area contributed by atoms with E-state index >= 15 is 0 Å². The molecule has 2 aliphatic heterocycles. The van der Waals surface area contributed by atoms with Gasteiger partial charge in [-0.15, -0.1) is 0 Å². The molecule has 7 atom stereocenters. The number of methoxy groups -OCH3 is 1. The molecule has 0 aromatic heterocycles. The molecule has 4 fully saturated rings. The van der Waals surface area contributed by atoms with Crippen LogP contribution in [0.25, 0.3) is 0 Å². The second-order valence-corrected chi connectivity index (χ2v) is 4.86. The molecule has 5 rings (SSSR count). The molecule has 7 unspecified atom stereocenters. The molecular weight excluding hydrogens is 164 g/mol. The minimum atomic E-state index is 0.480. The zero-order valence-corrected chi connectivity index (χ0v) is 7.72. The quantitative estimate of drug-likeness (QED) is 0.562. The normalized spacial score (nSPS) is 65.5. The van der Waals surface area contributed by atoms with E-state index in [9.17, 15) is 0 Å². The van der Waals surface area contributed by atoms with E-state index in [1.165, 1.54) is 6.42 Å². The molecule has 0 radical (unpaired) electrons. The fourth-order valence-corrected chi connectivity index (χ4v) is 4.23. The predicted octanol–water partition coefficient (Wildman–Crippen LogP) is 1.22. The third-order valence-electron chi connectivity index (χ3n) is 4.59. The molecular formula is C11H14O2. The summed E-state index contributed by atoms with van der Waals surface area (Å²) in [6.45, 7) is 0. The maximum Gasteiger partial charge on any atom is 0.0712 e. The molecule has 5 aliphatic rings. The number of hydrogen-bond donors (Lipinski definition) is 0. The summed E-state index contributed by atoms with van der Waals surface area (Å²) in [6.07, 6.45) is 7.53. The fourth-order valence-electron chi connectivity index (χ4n) is 4.23. The lowest BCUT2D eigenvalue weighted by molar-refractivity contribution is -0.0603. The Bertz CT molecular complexity index is 278. The van der Waals surface area contributed by atoms with Crippen molar-refractivity contribution in [3.8, 4) is 0 Å². The lowest BCUT2D eigenvalue weighted by Crippen LogP contribution is -2.41. The van der Waals surface area contributed by atoms with Crippen LogP contribution in [0.1, 0.15) is 6.42 Å². The van der Waals surface area contributed by atoms with Gasteiger partial charge in [-0.05, 0) is 12.3 Å². The summed E-state index contributed by atoms with van der Waals surface area (Å²) >= 11 is 0. The van der Waals surface area contributed by atoms with Crippen LogP contribution in [-0.4, -0.2) is 25.4 Å². The van der Waals surface area contributed by atoms with E-state index in [2.05, 4.69) is 12.2 Å². The Hall–Kier alpha value is -0.340. The van der Waals surface area contributed by atoms with Crippen molar-refractivity contribution in [2.75, 3.05) is 7.11 Å². The van der Waals surface area contributed by atoms with Crippen molar-refractivity contribution in [1.82, 2.24) is 0 Å². The van der Waals surface area contributed by atoms with Gasteiger partial charge in [0.25, 0.3) is 0 Å². The summed E-state index contributed by atoms with van der Waals surface area (Å²) in [5.41, 5.74) is 0. The summed E-state index contributed by atoms with van der Waals surface area (Å²) in [6, 6.07) is 0. The van der Waals surface area contributed by atoms with E-state index < -0.39 is 0 Å². The summed E-state index contributed by atoms with van der Waals surface area (Å²) in [5.74, 6) is 2.78. The van der Waals surface area contributed by atoms with Crippen molar-refractivity contribution in [3.63, 3.8) is 0 Å². The van der Waals surface area contributed by atoms with E-state index in [0.717, 1.165) is 5.92 Å². The van der Waals surface area contributed by atoms with Crippen LogP contribution in [0.4, 0.5) is 0 Å². The molecule has 0 aromatic rings. The van der Waals surface area contributed by atoms with Gasteiger partial charge in [-0.2, -0.15) is 0 Å². The molecule has 13 heavy (non-hydrogen) atoms. The van der Waals surface area contributed by atoms with Crippen LogP contribution in [-0.2, 0) is 9.47 Å². The van der Waals surface area contributed by atoms with Crippen LogP contribution in [0.2, 0.25) is 0 Å². The molecule has 6 bridgehead atoms. The fraction of sp³-hybridized carbons (Fsp3) is 0.818. The molecule has 0 N–H and O–H groups in total. The maximum atomic E-state index is 6.03. The Kier molecular flexibility index (Phi) is 1.09. The van der Waals surface area contributed by atoms with Gasteiger partial charge in [0.1, 0.15) is 0 Å². The third-order valence-corrected chi connectivity index (χ3v) is 4.59. The summed E-state index contributed by atoms with van der Waals surface area (Å²) in [5, 5.41) is 0. The van der Waals surface area contributed by atoms with Crippen LogP contribution in [0.5, 0.6) is 0 Å². The monoisotopic (exact) mass is 178 g/mol. The third kappa shape index (κ3) is 0.598. The average Bonchev–Trinajstić information content (AvgIpc) is 2.66. The largest absolute Gasteiger partial charge is 0.381 e. The summed E-state index contributed by atoms with van der Waals surface area (Å²) in [7, 11) is 1.86. The number of ether oxygens (including phenoxy) is 2. The van der Waals surface area contributed by atoms with Gasteiger partial charge < -0.3 is 9.47 Å². The topological polar surface area (TPSA) is 18.5 Å². The Labute approximate surface area is 77.9 Å². The molecule has 0 spiro atoms. The smallest absolute Gasteiger partial charge is 0.0712 e. The number of rotatable bonds is 1. The van der Waals surface area contributed by atoms with Gasteiger partial charge in [-0.3, -0.25) is 0 Å². The van der Waals surface area contributed by atoms with Gasteiger partial charge in [0.05, 0.1) is 18.3 Å². The summed E-state index contributed by atoms with van der Waals surface area (Å²) < 4.78 is 11.7. The van der Waals surface area contributed by atoms with Crippen molar-refractivity contribution in [2.24, 2.45) is 23.7 Å². The van der Waals surface area contributed by atoms with Crippen LogP contribution in [0.3, 0.4) is 0 Å². The molecule has 70 valence electrons. The molecule has 0 amide bonds. The van der Waals surface area contributed by atoms with E-state index in [1.54, 1.807) is 0 Å². The highest BCUT2D eigenvalue weighted by molar-refractivity contribution is 5.25. The summed E-state index contributed by atoms with van der Waals surface area (Å²) in [4.78, 5) is 0. The minimum absolute atomic E-state index is 0.480. The lowest BCUT2D eigenvalue weighted by atomic mass is 9.75. The number of hydrogen-bond acceptors (Lipinski definition) is 2. The van der Waals surface area contributed by atoms with Gasteiger partial charge in [0.15, 0.2) is 0 Å². The second kappa shape index (κ2) is 2.01. The highest BCUT2D eigenvalue weighted by Crippen LogP contribution is 2.61. The van der Waals surface area contributed by atoms with E-state index in [1.807, 2.05) is 7.11 Å². The van der Waals surface area contributed by atoms with E-state index in [-0.39, 0.29) is 0 Å². The Morgan fingerprint density at radius 3 is 3.00 bits per heavy atom. The van der Waals surface area contributed by atoms with Gasteiger partial charge in [0.2, 0.25) is 0 Å². The van der Waals surface area contributed by atoms with Gasteiger partial charge in [0, 0.05) is 24.9 Å². The van der Waals surface area contributed by atoms with Gasteiger partial charge >= 0.3 is 0 Å². The van der Waals surface area contributed by atoms with Crippen molar-refractivity contribution in [2.45, 2.75) is 24.7 Å². The molecule has 2 saturated heterocycles. The van der Waals surface area contributed by atoms with Crippen LogP contribution in [0.15, 0.2) is 12.2 Å². The first kappa shape index (κ1) is 7.02. The molecule has 2 heterocycles. The molecule has 2 saturated carbocycles. The molecule has 0 aromatic carbocycles. The first-order valence-electron chi connectivity index (χ1n) is 5.27. The Balaban J connectivity index is 1.86. The molecule has 2 nitrogen and oxygen atoms in total. The second-order valence-electron chi connectivity index (χ2n) is 4.86. The standard InChI is InChI=1S/C11H14O2/c1-12-11-7-4-8-9(11)6-3-2-5(7)10(6)13-8/h2-3,5-11H,4H2,1H3. The zero-order valence-electron chi connectivity index (χ0n) is 7.72. The zero-order chi connectivity index (χ0) is 8.58. The predicted molar refractivity (Wildman–Crippen MR) is 47.2 cm³/mol. The first-order chi connectivity index (χ1) is 6.40. The first-order valence-corrected chi connectivity index (χ1v) is 5.27. The lowest BCUT2D eigenvalue weighted by Gasteiger charge is -2.36.